The minimum absolute atomic E-state index is 0.0851. The number of hydrogen-bond acceptors (Lipinski definition) is 4. The summed E-state index contributed by atoms with van der Waals surface area (Å²) in [5.74, 6) is 0.0851. The number of aromatic nitrogens is 1. The molecule has 27 heavy (non-hydrogen) atoms. The summed E-state index contributed by atoms with van der Waals surface area (Å²) in [6, 6.07) is 11.3. The van der Waals surface area contributed by atoms with Crippen LogP contribution >= 0.6 is 11.3 Å². The Morgan fingerprint density at radius 2 is 1.78 bits per heavy atom. The molecule has 6 heteroatoms. The Hall–Kier alpha value is -2.18. The molecule has 0 spiro atoms. The molecule has 0 aliphatic heterocycles. The first-order valence-electron chi connectivity index (χ1n) is 8.84. The lowest BCUT2D eigenvalue weighted by Gasteiger charge is -2.17. The van der Waals surface area contributed by atoms with E-state index in [0.29, 0.717) is 10.6 Å². The topological polar surface area (TPSA) is 59.1 Å². The van der Waals surface area contributed by atoms with Gasteiger partial charge in [-0.3, -0.25) is 4.72 Å². The van der Waals surface area contributed by atoms with Crippen LogP contribution in [0.4, 0.5) is 5.69 Å². The second kappa shape index (κ2) is 7.44. The van der Waals surface area contributed by atoms with E-state index in [1.165, 1.54) is 0 Å². The van der Waals surface area contributed by atoms with E-state index in [2.05, 4.69) is 9.71 Å². The van der Waals surface area contributed by atoms with Crippen LogP contribution in [0.5, 0.6) is 0 Å². The van der Waals surface area contributed by atoms with Gasteiger partial charge in [0.25, 0.3) is 10.0 Å². The Bertz CT molecular complexity index is 1080. The highest BCUT2D eigenvalue weighted by molar-refractivity contribution is 7.92. The van der Waals surface area contributed by atoms with Crippen molar-refractivity contribution in [3.63, 3.8) is 0 Å². The summed E-state index contributed by atoms with van der Waals surface area (Å²) < 4.78 is 29.2. The predicted molar refractivity (Wildman–Crippen MR) is 113 cm³/mol. The number of anilines is 1. The van der Waals surface area contributed by atoms with Crippen LogP contribution in [0.15, 0.2) is 46.7 Å². The first kappa shape index (κ1) is 19.6. The van der Waals surface area contributed by atoms with Crippen molar-refractivity contribution in [1.29, 1.82) is 0 Å². The molecule has 3 rings (SSSR count). The Balaban J connectivity index is 2.09. The van der Waals surface area contributed by atoms with Crippen molar-refractivity contribution in [1.82, 2.24) is 4.98 Å². The van der Waals surface area contributed by atoms with E-state index in [4.69, 9.17) is 0 Å². The van der Waals surface area contributed by atoms with Gasteiger partial charge in [0.2, 0.25) is 0 Å². The van der Waals surface area contributed by atoms with E-state index in [1.807, 2.05) is 70.3 Å². The van der Waals surface area contributed by atoms with Crippen molar-refractivity contribution >= 4 is 27.0 Å². The predicted octanol–water partition coefficient (Wildman–Crippen LogP) is 5.66. The highest BCUT2D eigenvalue weighted by Crippen LogP contribution is 2.31. The smallest absolute Gasteiger partial charge is 0.262 e. The van der Waals surface area contributed by atoms with Crippen molar-refractivity contribution in [2.45, 2.75) is 45.4 Å². The van der Waals surface area contributed by atoms with Gasteiger partial charge in [-0.1, -0.05) is 43.7 Å². The molecule has 0 saturated carbocycles. The number of hydrogen-bond donors (Lipinski definition) is 1. The van der Waals surface area contributed by atoms with Gasteiger partial charge in [-0.25, -0.2) is 13.4 Å². The largest absolute Gasteiger partial charge is 0.279 e. The maximum Gasteiger partial charge on any atom is 0.262 e. The van der Waals surface area contributed by atoms with E-state index < -0.39 is 10.0 Å². The molecule has 0 fully saturated rings. The van der Waals surface area contributed by atoms with E-state index >= 15 is 0 Å². The first-order chi connectivity index (χ1) is 12.7. The number of rotatable bonds is 5. The van der Waals surface area contributed by atoms with Gasteiger partial charge in [0.1, 0.15) is 0 Å². The molecule has 1 N–H and O–H groups in total. The third kappa shape index (κ3) is 4.22. The summed E-state index contributed by atoms with van der Waals surface area (Å²) in [5.41, 5.74) is 5.00. The van der Waals surface area contributed by atoms with Gasteiger partial charge in [0.05, 0.1) is 21.3 Å². The SMILES string of the molecule is Cc1ccc(NS(=O)(=O)c2cc(-c3csc(C)n3)ccc2C(C)C)c(C)c1. The molecule has 1 aromatic heterocycles. The highest BCUT2D eigenvalue weighted by atomic mass is 32.2. The van der Waals surface area contributed by atoms with Gasteiger partial charge in [-0.2, -0.15) is 0 Å². The third-order valence-electron chi connectivity index (χ3n) is 4.47. The standard InChI is InChI=1S/C21H24N2O2S2/c1-13(2)18-8-7-17(20-12-26-16(5)22-20)11-21(18)27(24,25)23-19-9-6-14(3)10-15(19)4/h6-13,23H,1-5H3. The molecule has 3 aromatic rings. The van der Waals surface area contributed by atoms with Crippen LogP contribution in [0.3, 0.4) is 0 Å². The summed E-state index contributed by atoms with van der Waals surface area (Å²) in [6.45, 7) is 9.83. The molecule has 0 saturated heterocycles. The molecule has 0 unspecified atom stereocenters. The molecule has 0 aliphatic rings. The Labute approximate surface area is 165 Å². The molecule has 0 atom stereocenters. The summed E-state index contributed by atoms with van der Waals surface area (Å²) in [5, 5.41) is 2.91. The fourth-order valence-corrected chi connectivity index (χ4v) is 5.17. The average molecular weight is 401 g/mol. The number of benzene rings is 2. The maximum absolute atomic E-state index is 13.2. The number of aryl methyl sites for hydroxylation is 3. The quantitative estimate of drug-likeness (QED) is 0.601. The van der Waals surface area contributed by atoms with Crippen LogP contribution in [0.25, 0.3) is 11.3 Å². The summed E-state index contributed by atoms with van der Waals surface area (Å²) >= 11 is 1.55. The van der Waals surface area contributed by atoms with Crippen LogP contribution in [-0.2, 0) is 10.0 Å². The summed E-state index contributed by atoms with van der Waals surface area (Å²) in [4.78, 5) is 4.80. The number of nitrogens with zero attached hydrogens (tertiary/aromatic N) is 1. The van der Waals surface area contributed by atoms with E-state index in [9.17, 15) is 8.42 Å². The lowest BCUT2D eigenvalue weighted by molar-refractivity contribution is 0.599. The van der Waals surface area contributed by atoms with Crippen molar-refractivity contribution < 1.29 is 8.42 Å². The summed E-state index contributed by atoms with van der Waals surface area (Å²) in [6.07, 6.45) is 0. The first-order valence-corrected chi connectivity index (χ1v) is 11.2. The second-order valence-electron chi connectivity index (χ2n) is 7.08. The molecule has 1 heterocycles. The zero-order valence-corrected chi connectivity index (χ0v) is 17.8. The fraction of sp³-hybridized carbons (Fsp3) is 0.286. The minimum atomic E-state index is -3.72. The van der Waals surface area contributed by atoms with Gasteiger partial charge in [-0.15, -0.1) is 11.3 Å². The molecular weight excluding hydrogens is 376 g/mol. The van der Waals surface area contributed by atoms with E-state index in [0.717, 1.165) is 33.0 Å². The van der Waals surface area contributed by atoms with Gasteiger partial charge in [-0.05, 0) is 49.9 Å². The number of sulfonamides is 1. The molecule has 0 bridgehead atoms. The molecule has 4 nitrogen and oxygen atoms in total. The average Bonchev–Trinajstić information content (AvgIpc) is 3.03. The Morgan fingerprint density at radius 1 is 1.04 bits per heavy atom. The Kier molecular flexibility index (Phi) is 5.40. The van der Waals surface area contributed by atoms with Crippen LogP contribution in [0, 0.1) is 20.8 Å². The van der Waals surface area contributed by atoms with Gasteiger partial charge in [0.15, 0.2) is 0 Å². The Morgan fingerprint density at radius 3 is 2.37 bits per heavy atom. The zero-order valence-electron chi connectivity index (χ0n) is 16.2. The molecule has 142 valence electrons. The normalized spacial score (nSPS) is 11.8. The highest BCUT2D eigenvalue weighted by Gasteiger charge is 2.22. The second-order valence-corrected chi connectivity index (χ2v) is 9.80. The molecule has 0 aliphatic carbocycles. The van der Waals surface area contributed by atoms with Crippen molar-refractivity contribution in [2.24, 2.45) is 0 Å². The number of thiazole rings is 1. The van der Waals surface area contributed by atoms with E-state index in [-0.39, 0.29) is 5.92 Å². The summed E-state index contributed by atoms with van der Waals surface area (Å²) in [7, 11) is -3.72. The van der Waals surface area contributed by atoms with Crippen molar-refractivity contribution in [2.75, 3.05) is 4.72 Å². The molecule has 0 radical (unpaired) electrons. The lowest BCUT2D eigenvalue weighted by Crippen LogP contribution is -2.16. The fourth-order valence-electron chi connectivity index (χ4n) is 3.03. The van der Waals surface area contributed by atoms with Gasteiger partial charge in [0, 0.05) is 10.9 Å². The van der Waals surface area contributed by atoms with Crippen LogP contribution < -0.4 is 4.72 Å². The zero-order chi connectivity index (χ0) is 19.8. The van der Waals surface area contributed by atoms with Crippen LogP contribution in [-0.4, -0.2) is 13.4 Å². The van der Waals surface area contributed by atoms with Gasteiger partial charge < -0.3 is 0 Å². The molecule has 0 amide bonds. The van der Waals surface area contributed by atoms with Crippen LogP contribution in [0.2, 0.25) is 0 Å². The monoisotopic (exact) mass is 400 g/mol. The van der Waals surface area contributed by atoms with Crippen LogP contribution in [0.1, 0.15) is 41.5 Å². The van der Waals surface area contributed by atoms with Gasteiger partial charge >= 0.3 is 0 Å². The lowest BCUT2D eigenvalue weighted by atomic mass is 10.0. The number of nitrogens with one attached hydrogen (secondary N) is 1. The van der Waals surface area contributed by atoms with Crippen molar-refractivity contribution in [3.05, 3.63) is 63.5 Å². The molecular formula is C21H24N2O2S2. The minimum Gasteiger partial charge on any atom is -0.279 e. The van der Waals surface area contributed by atoms with E-state index in [1.54, 1.807) is 17.4 Å². The maximum atomic E-state index is 13.2. The molecule has 2 aromatic carbocycles. The van der Waals surface area contributed by atoms with Crippen molar-refractivity contribution in [3.8, 4) is 11.3 Å². The third-order valence-corrected chi connectivity index (χ3v) is 6.66.